The highest BCUT2D eigenvalue weighted by atomic mass is 16.6. The minimum atomic E-state index is -0.883. The normalized spacial score (nSPS) is 33.7. The fourth-order valence-corrected chi connectivity index (χ4v) is 4.21. The highest BCUT2D eigenvalue weighted by Crippen LogP contribution is 2.61. The number of carbonyl (C=O) groups excluding carboxylic acids is 3. The first-order chi connectivity index (χ1) is 12.0. The standard InChI is InChI=1S/C19H26N2O5/c1-6-13-10-25-17(24)21(13)15(22)14(20-16(23)26-18(2,3)4)19(5)8-11-7-12(11)9-19/h1,11-14H,7-10H2,2-5H3,(H,20,23)/t11-,12+,13-,14+,19?/m0/s1. The van der Waals surface area contributed by atoms with Crippen LogP contribution in [0.5, 0.6) is 0 Å². The number of fused-ring (bicyclic) bond motifs is 1. The minimum absolute atomic E-state index is 0.0256. The first-order valence-electron chi connectivity index (χ1n) is 8.99. The maximum atomic E-state index is 13.2. The fourth-order valence-electron chi connectivity index (χ4n) is 4.21. The number of rotatable bonds is 3. The summed E-state index contributed by atoms with van der Waals surface area (Å²) in [5.41, 5.74) is -1.13. The molecule has 7 nitrogen and oxygen atoms in total. The Kier molecular flexibility index (Phi) is 4.41. The summed E-state index contributed by atoms with van der Waals surface area (Å²) < 4.78 is 10.3. The van der Waals surface area contributed by atoms with Gasteiger partial charge in [0.2, 0.25) is 0 Å². The van der Waals surface area contributed by atoms with Crippen molar-refractivity contribution in [1.29, 1.82) is 0 Å². The topological polar surface area (TPSA) is 84.9 Å². The van der Waals surface area contributed by atoms with Crippen LogP contribution in [0.15, 0.2) is 0 Å². The summed E-state index contributed by atoms with van der Waals surface area (Å²) in [6.45, 7) is 7.21. The molecule has 2 saturated carbocycles. The molecule has 0 radical (unpaired) electrons. The average Bonchev–Trinajstić information content (AvgIpc) is 2.96. The second-order valence-corrected chi connectivity index (χ2v) is 8.86. The number of imide groups is 1. The van der Waals surface area contributed by atoms with Crippen molar-refractivity contribution in [1.82, 2.24) is 10.2 Å². The van der Waals surface area contributed by atoms with E-state index < -0.39 is 41.2 Å². The lowest BCUT2D eigenvalue weighted by molar-refractivity contribution is -0.134. The third-order valence-electron chi connectivity index (χ3n) is 5.43. The van der Waals surface area contributed by atoms with Crippen LogP contribution < -0.4 is 5.32 Å². The van der Waals surface area contributed by atoms with Crippen LogP contribution in [0.25, 0.3) is 0 Å². The van der Waals surface area contributed by atoms with E-state index in [1.165, 1.54) is 6.42 Å². The fraction of sp³-hybridized carbons (Fsp3) is 0.737. The second-order valence-electron chi connectivity index (χ2n) is 8.86. The Balaban J connectivity index is 1.83. The Bertz CT molecular complexity index is 664. The van der Waals surface area contributed by atoms with Crippen LogP contribution in [-0.4, -0.2) is 47.3 Å². The van der Waals surface area contributed by atoms with Crippen LogP contribution in [-0.2, 0) is 14.3 Å². The van der Waals surface area contributed by atoms with Crippen LogP contribution in [0, 0.1) is 29.6 Å². The summed E-state index contributed by atoms with van der Waals surface area (Å²) in [5.74, 6) is 3.06. The molecule has 3 rings (SSSR count). The smallest absolute Gasteiger partial charge is 0.417 e. The van der Waals surface area contributed by atoms with Crippen LogP contribution >= 0.6 is 0 Å². The van der Waals surface area contributed by atoms with Crippen molar-refractivity contribution in [2.45, 2.75) is 64.6 Å². The largest absolute Gasteiger partial charge is 0.446 e. The van der Waals surface area contributed by atoms with E-state index in [0.29, 0.717) is 11.8 Å². The van der Waals surface area contributed by atoms with Crippen molar-refractivity contribution in [2.75, 3.05) is 6.61 Å². The number of hydrogen-bond acceptors (Lipinski definition) is 5. The average molecular weight is 362 g/mol. The van der Waals surface area contributed by atoms with E-state index in [1.807, 2.05) is 6.92 Å². The molecule has 0 spiro atoms. The second kappa shape index (κ2) is 6.19. The molecule has 7 heteroatoms. The molecule has 1 heterocycles. The molecule has 3 fully saturated rings. The Morgan fingerprint density at radius 1 is 1.38 bits per heavy atom. The number of hydrogen-bond donors (Lipinski definition) is 1. The number of alkyl carbamates (subject to hydrolysis) is 1. The molecule has 1 N–H and O–H groups in total. The third kappa shape index (κ3) is 3.50. The SMILES string of the molecule is C#C[C@H]1COC(=O)N1C(=O)[C@@H](NC(=O)OC(C)(C)C)C1(C)C[C@H]2C[C@H]2C1. The molecule has 5 atom stereocenters. The maximum absolute atomic E-state index is 13.2. The van der Waals surface area contributed by atoms with Gasteiger partial charge in [-0.05, 0) is 57.3 Å². The highest BCUT2D eigenvalue weighted by Gasteiger charge is 2.58. The van der Waals surface area contributed by atoms with E-state index in [1.54, 1.807) is 20.8 Å². The molecule has 0 aromatic carbocycles. The number of amides is 3. The quantitative estimate of drug-likeness (QED) is 0.779. The van der Waals surface area contributed by atoms with E-state index in [4.69, 9.17) is 15.9 Å². The number of nitrogens with zero attached hydrogens (tertiary/aromatic N) is 1. The van der Waals surface area contributed by atoms with Gasteiger partial charge in [0.1, 0.15) is 24.3 Å². The van der Waals surface area contributed by atoms with Gasteiger partial charge >= 0.3 is 12.2 Å². The molecule has 3 amide bonds. The van der Waals surface area contributed by atoms with Gasteiger partial charge in [-0.15, -0.1) is 6.42 Å². The maximum Gasteiger partial charge on any atom is 0.417 e. The third-order valence-corrected chi connectivity index (χ3v) is 5.43. The zero-order valence-electron chi connectivity index (χ0n) is 15.7. The summed E-state index contributed by atoms with van der Waals surface area (Å²) in [7, 11) is 0. The first-order valence-corrected chi connectivity index (χ1v) is 8.99. The van der Waals surface area contributed by atoms with Crippen LogP contribution in [0.4, 0.5) is 9.59 Å². The Labute approximate surface area is 153 Å². The summed E-state index contributed by atoms with van der Waals surface area (Å²) in [6.07, 6.45) is 6.82. The van der Waals surface area contributed by atoms with Gasteiger partial charge in [-0.2, -0.15) is 0 Å². The molecular formula is C19H26N2O5. The highest BCUT2D eigenvalue weighted by molar-refractivity contribution is 5.98. The molecular weight excluding hydrogens is 336 g/mol. The Morgan fingerprint density at radius 2 is 2.00 bits per heavy atom. The van der Waals surface area contributed by atoms with Gasteiger partial charge in [0.25, 0.3) is 5.91 Å². The number of nitrogens with one attached hydrogen (secondary N) is 1. The van der Waals surface area contributed by atoms with Crippen molar-refractivity contribution in [3.05, 3.63) is 0 Å². The lowest BCUT2D eigenvalue weighted by atomic mass is 9.77. The van der Waals surface area contributed by atoms with Crippen LogP contribution in [0.3, 0.4) is 0 Å². The van der Waals surface area contributed by atoms with Crippen molar-refractivity contribution >= 4 is 18.1 Å². The Hall–Kier alpha value is -2.23. The van der Waals surface area contributed by atoms with Crippen molar-refractivity contribution in [3.63, 3.8) is 0 Å². The summed E-state index contributed by atoms with van der Waals surface area (Å²) in [6, 6.07) is -1.64. The molecule has 1 saturated heterocycles. The van der Waals surface area contributed by atoms with E-state index in [0.717, 1.165) is 17.7 Å². The van der Waals surface area contributed by atoms with Crippen molar-refractivity contribution < 1.29 is 23.9 Å². The summed E-state index contributed by atoms with van der Waals surface area (Å²) >= 11 is 0. The van der Waals surface area contributed by atoms with Gasteiger partial charge in [-0.25, -0.2) is 14.5 Å². The predicted molar refractivity (Wildman–Crippen MR) is 92.9 cm³/mol. The minimum Gasteiger partial charge on any atom is -0.446 e. The van der Waals surface area contributed by atoms with E-state index >= 15 is 0 Å². The monoisotopic (exact) mass is 362 g/mol. The number of carbonyl (C=O) groups is 3. The molecule has 142 valence electrons. The summed E-state index contributed by atoms with van der Waals surface area (Å²) in [4.78, 5) is 38.5. The number of terminal acetylenes is 1. The lowest BCUT2D eigenvalue weighted by Gasteiger charge is -2.37. The lowest BCUT2D eigenvalue weighted by Crippen LogP contribution is -2.58. The summed E-state index contributed by atoms with van der Waals surface area (Å²) in [5, 5.41) is 2.71. The van der Waals surface area contributed by atoms with Crippen molar-refractivity contribution in [2.24, 2.45) is 17.3 Å². The van der Waals surface area contributed by atoms with Gasteiger partial charge in [0.05, 0.1) is 0 Å². The van der Waals surface area contributed by atoms with E-state index in [-0.39, 0.29) is 6.61 Å². The van der Waals surface area contributed by atoms with Gasteiger partial charge in [-0.1, -0.05) is 12.8 Å². The molecule has 0 aromatic rings. The number of ether oxygens (including phenoxy) is 2. The predicted octanol–water partition coefficient (Wildman–Crippen LogP) is 2.30. The van der Waals surface area contributed by atoms with Crippen LogP contribution in [0.1, 0.15) is 47.0 Å². The molecule has 0 bridgehead atoms. The van der Waals surface area contributed by atoms with Crippen LogP contribution in [0.2, 0.25) is 0 Å². The van der Waals surface area contributed by atoms with Crippen molar-refractivity contribution in [3.8, 4) is 12.3 Å². The zero-order chi connectivity index (χ0) is 19.3. The molecule has 0 aromatic heterocycles. The van der Waals surface area contributed by atoms with Gasteiger partial charge in [0.15, 0.2) is 0 Å². The Morgan fingerprint density at radius 3 is 2.54 bits per heavy atom. The molecule has 26 heavy (non-hydrogen) atoms. The van der Waals surface area contributed by atoms with Gasteiger partial charge < -0.3 is 14.8 Å². The zero-order valence-corrected chi connectivity index (χ0v) is 15.7. The van der Waals surface area contributed by atoms with E-state index in [9.17, 15) is 14.4 Å². The molecule has 1 unspecified atom stereocenters. The first kappa shape index (κ1) is 18.6. The molecule has 1 aliphatic heterocycles. The molecule has 2 aliphatic carbocycles. The van der Waals surface area contributed by atoms with E-state index in [2.05, 4.69) is 11.2 Å². The van der Waals surface area contributed by atoms with Gasteiger partial charge in [0, 0.05) is 0 Å². The number of cyclic esters (lactones) is 1. The van der Waals surface area contributed by atoms with Gasteiger partial charge in [-0.3, -0.25) is 4.79 Å². The molecule has 3 aliphatic rings.